The number of thioether (sulfide) groups is 1. The minimum atomic E-state index is -0.944. The molecule has 0 bridgehead atoms. The smallest absolute Gasteiger partial charge is 0.313 e. The van der Waals surface area contributed by atoms with Gasteiger partial charge < -0.3 is 64.8 Å². The molecule has 22 nitrogen and oxygen atoms in total. The summed E-state index contributed by atoms with van der Waals surface area (Å²) in [5.74, 6) is -5.04. The number of rotatable bonds is 33. The number of phenolic OH excluding ortho intramolecular Hbond substituents is 1. The fourth-order valence-corrected chi connectivity index (χ4v) is 10.7. The van der Waals surface area contributed by atoms with Crippen molar-refractivity contribution in [2.24, 2.45) is 11.8 Å². The van der Waals surface area contributed by atoms with E-state index in [0.717, 1.165) is 24.9 Å². The maximum atomic E-state index is 14.9. The Morgan fingerprint density at radius 2 is 1.70 bits per heavy atom. The summed E-state index contributed by atoms with van der Waals surface area (Å²) in [5.41, 5.74) is 1.49. The van der Waals surface area contributed by atoms with Crippen LogP contribution in [0.4, 0.5) is 0 Å². The number of piperidine rings is 1. The molecule has 444 valence electrons. The SMILES string of the molecule is CCCC(=O)OCN(C(=O)[C@@H](NC(=O)[C@H]1CCCCN1C)[C@@H](C)CC)[C@H](C[C@@H](OC(C)=O)C1NC(C(=O)N[C@H]2Cc3ccc(O)cc3[C@H](C(=O)OCCCNC(=O)CCCC(=O)OCC(OC)OC(CC)CO)C2)=CS1)C(C)C. The number of hydrogen-bond donors (Lipinski definition) is 6. The van der Waals surface area contributed by atoms with Crippen LogP contribution in [0.15, 0.2) is 29.3 Å². The van der Waals surface area contributed by atoms with Crippen LogP contribution in [0.25, 0.3) is 0 Å². The number of carbonyl (C=O) groups is 8. The number of nitrogens with zero attached hydrogens (tertiary/aromatic N) is 2. The summed E-state index contributed by atoms with van der Waals surface area (Å²) in [7, 11) is 3.30. The van der Waals surface area contributed by atoms with Gasteiger partial charge in [0.1, 0.15) is 35.6 Å². The summed E-state index contributed by atoms with van der Waals surface area (Å²) in [4.78, 5) is 110. The van der Waals surface area contributed by atoms with E-state index in [9.17, 15) is 48.6 Å². The molecule has 0 radical (unpaired) electrons. The van der Waals surface area contributed by atoms with Gasteiger partial charge in [-0.2, -0.15) is 0 Å². The number of fused-ring (bicyclic) bond motifs is 1. The molecule has 2 aliphatic heterocycles. The molecule has 6 N–H and O–H groups in total. The number of aliphatic hydroxyl groups excluding tert-OH is 1. The molecule has 1 fully saturated rings. The highest BCUT2D eigenvalue weighted by atomic mass is 32.2. The first-order valence-electron chi connectivity index (χ1n) is 28.0. The number of likely N-dealkylation sites (tertiary alicyclic amines) is 1. The first kappa shape index (κ1) is 66.0. The van der Waals surface area contributed by atoms with Crippen molar-refractivity contribution in [1.29, 1.82) is 0 Å². The monoisotopic (exact) mass is 1130 g/mol. The average molecular weight is 1130 g/mol. The van der Waals surface area contributed by atoms with Gasteiger partial charge in [-0.05, 0) is 100 Å². The summed E-state index contributed by atoms with van der Waals surface area (Å²) in [5, 5.41) is 32.8. The maximum absolute atomic E-state index is 14.9. The van der Waals surface area contributed by atoms with Crippen LogP contribution < -0.4 is 21.3 Å². The number of carbonyl (C=O) groups excluding carboxylic acids is 8. The second kappa shape index (κ2) is 33.9. The number of aliphatic hydroxyl groups is 1. The zero-order chi connectivity index (χ0) is 58.2. The summed E-state index contributed by atoms with van der Waals surface area (Å²) in [6.45, 7) is 12.8. The zero-order valence-electron chi connectivity index (χ0n) is 47.7. The van der Waals surface area contributed by atoms with Crippen molar-refractivity contribution in [3.8, 4) is 5.75 Å². The van der Waals surface area contributed by atoms with Crippen LogP contribution in [-0.2, 0) is 73.2 Å². The van der Waals surface area contributed by atoms with E-state index in [-0.39, 0.29) is 100.0 Å². The van der Waals surface area contributed by atoms with Crippen LogP contribution in [0.3, 0.4) is 0 Å². The van der Waals surface area contributed by atoms with Gasteiger partial charge in [0.15, 0.2) is 13.0 Å². The molecule has 1 aromatic carbocycles. The molecule has 3 aliphatic rings. The zero-order valence-corrected chi connectivity index (χ0v) is 48.5. The van der Waals surface area contributed by atoms with Crippen LogP contribution in [-0.4, -0.2) is 169 Å². The molecule has 10 atom stereocenters. The molecular weight excluding hydrogens is 1040 g/mol. The average Bonchev–Trinajstić information content (AvgIpc) is 3.98. The highest BCUT2D eigenvalue weighted by Crippen LogP contribution is 2.36. The largest absolute Gasteiger partial charge is 0.508 e. The molecule has 1 aliphatic carbocycles. The van der Waals surface area contributed by atoms with Gasteiger partial charge in [-0.3, -0.25) is 43.3 Å². The molecule has 23 heteroatoms. The summed E-state index contributed by atoms with van der Waals surface area (Å²) < 4.78 is 33.2. The number of amides is 4. The normalized spacial score (nSPS) is 20.4. The lowest BCUT2D eigenvalue weighted by Crippen LogP contribution is -2.59. The molecule has 0 aromatic heterocycles. The third-order valence-corrected chi connectivity index (χ3v) is 15.6. The summed E-state index contributed by atoms with van der Waals surface area (Å²) in [6.07, 6.45) is 3.32. The Hall–Kier alpha value is -5.49. The molecule has 0 saturated carbocycles. The minimum absolute atomic E-state index is 0.00540. The standard InChI is InChI=1S/C56H88N6O16S/c1-10-17-48(67)76-33-62(55(71)51(35(6)11-2)60-53(70)44-18-13-14-24-61(44)8)45(34(4)5)29-46(77-36(7)64)54-59-43(32-79-54)52(69)58-38-26-37-21-22-39(65)28-41(37)42(27-38)56(72)74-25-16-23-57-47(66)19-15-20-49(68)75-31-50(73-9)78-40(12-3)30-63/h21-22,28,32,34-35,38,40,42,44-46,50-51,54,59,63,65H,10-20,23-27,29-31,33H2,1-9H3,(H,57,66)(H,58,69)(H,60,70)/t35-,38-,40?,42+,44+,45+,46+,50?,51-,54?/m0/s1. The Morgan fingerprint density at radius 1 is 0.949 bits per heavy atom. The van der Waals surface area contributed by atoms with Gasteiger partial charge in [0.05, 0.1) is 31.3 Å². The van der Waals surface area contributed by atoms with Crippen LogP contribution in [0.5, 0.6) is 5.75 Å². The molecule has 3 unspecified atom stereocenters. The van der Waals surface area contributed by atoms with E-state index in [1.807, 2.05) is 53.5 Å². The highest BCUT2D eigenvalue weighted by Gasteiger charge is 2.42. The van der Waals surface area contributed by atoms with E-state index >= 15 is 0 Å². The van der Waals surface area contributed by atoms with Gasteiger partial charge in [0, 0.05) is 63.8 Å². The van der Waals surface area contributed by atoms with Gasteiger partial charge in [0.25, 0.3) is 5.91 Å². The quantitative estimate of drug-likeness (QED) is 0.0246. The van der Waals surface area contributed by atoms with Crippen molar-refractivity contribution in [3.05, 3.63) is 40.4 Å². The van der Waals surface area contributed by atoms with Gasteiger partial charge in [-0.15, -0.1) is 11.8 Å². The number of aromatic hydroxyl groups is 1. The lowest BCUT2D eigenvalue weighted by Gasteiger charge is -2.40. The van der Waals surface area contributed by atoms with Crippen molar-refractivity contribution in [2.75, 3.05) is 53.8 Å². The van der Waals surface area contributed by atoms with Crippen molar-refractivity contribution in [3.63, 3.8) is 0 Å². The molecule has 4 amide bonds. The molecule has 1 saturated heterocycles. The maximum Gasteiger partial charge on any atom is 0.313 e. The number of likely N-dealkylation sites (N-methyl/N-ethyl adjacent to an activating group) is 1. The summed E-state index contributed by atoms with van der Waals surface area (Å²) >= 11 is 1.23. The first-order valence-corrected chi connectivity index (χ1v) is 28.9. The van der Waals surface area contributed by atoms with Crippen LogP contribution in [0.1, 0.15) is 149 Å². The molecule has 2 heterocycles. The topological polar surface area (TPSA) is 287 Å². The van der Waals surface area contributed by atoms with Crippen LogP contribution in [0, 0.1) is 11.8 Å². The molecule has 79 heavy (non-hydrogen) atoms. The minimum Gasteiger partial charge on any atom is -0.508 e. The van der Waals surface area contributed by atoms with E-state index in [2.05, 4.69) is 21.3 Å². The molecule has 1 aromatic rings. The lowest BCUT2D eigenvalue weighted by atomic mass is 9.80. The van der Waals surface area contributed by atoms with Crippen molar-refractivity contribution in [2.45, 2.75) is 192 Å². The highest BCUT2D eigenvalue weighted by molar-refractivity contribution is 8.03. The summed E-state index contributed by atoms with van der Waals surface area (Å²) in [6, 6.07) is 2.17. The number of methoxy groups -OCH3 is 1. The van der Waals surface area contributed by atoms with E-state index in [1.54, 1.807) is 11.5 Å². The fourth-order valence-electron chi connectivity index (χ4n) is 9.75. The van der Waals surface area contributed by atoms with E-state index in [0.29, 0.717) is 44.1 Å². The van der Waals surface area contributed by atoms with Gasteiger partial charge >= 0.3 is 23.9 Å². The molecule has 4 rings (SSSR count). The Morgan fingerprint density at radius 3 is 2.35 bits per heavy atom. The molecular formula is C56H88N6O16S. The third-order valence-electron chi connectivity index (χ3n) is 14.6. The van der Waals surface area contributed by atoms with Gasteiger partial charge in [0.2, 0.25) is 17.7 Å². The Labute approximate surface area is 469 Å². The Balaban J connectivity index is 1.37. The third kappa shape index (κ3) is 21.2. The Bertz CT molecular complexity index is 2210. The molecule has 0 spiro atoms. The number of benzene rings is 1. The van der Waals surface area contributed by atoms with E-state index < -0.39 is 96.4 Å². The predicted octanol–water partition coefficient (Wildman–Crippen LogP) is 4.42. The number of phenols is 1. The number of esters is 4. The lowest BCUT2D eigenvalue weighted by molar-refractivity contribution is -0.194. The second-order valence-electron chi connectivity index (χ2n) is 21.0. The van der Waals surface area contributed by atoms with E-state index in [1.165, 1.54) is 42.8 Å². The second-order valence-corrected chi connectivity index (χ2v) is 22.0. The van der Waals surface area contributed by atoms with Crippen molar-refractivity contribution in [1.82, 2.24) is 31.1 Å². The Kier molecular flexibility index (Phi) is 28.4. The van der Waals surface area contributed by atoms with Crippen LogP contribution in [0.2, 0.25) is 0 Å². The first-order chi connectivity index (χ1) is 37.7. The van der Waals surface area contributed by atoms with E-state index in [4.69, 9.17) is 28.4 Å². The predicted molar refractivity (Wildman–Crippen MR) is 293 cm³/mol. The van der Waals surface area contributed by atoms with Crippen molar-refractivity contribution >= 4 is 59.3 Å². The number of hydrogen-bond acceptors (Lipinski definition) is 19. The van der Waals surface area contributed by atoms with Gasteiger partial charge in [-0.25, -0.2) is 0 Å². The van der Waals surface area contributed by atoms with Gasteiger partial charge in [-0.1, -0.05) is 60.5 Å². The van der Waals surface area contributed by atoms with Crippen molar-refractivity contribution < 1.29 is 77.0 Å². The number of nitrogens with one attached hydrogen (secondary N) is 4. The number of ether oxygens (including phenoxy) is 6. The van der Waals surface area contributed by atoms with Crippen LogP contribution >= 0.6 is 11.8 Å². The fraction of sp³-hybridized carbons (Fsp3) is 0.714.